The molecule has 0 bridgehead atoms. The van der Waals surface area contributed by atoms with Crippen LogP contribution in [0.4, 0.5) is 5.82 Å². The summed E-state index contributed by atoms with van der Waals surface area (Å²) in [5.74, 6) is 3.68. The largest absolute Gasteiger partial charge is 0.357 e. The van der Waals surface area contributed by atoms with Gasteiger partial charge in [0, 0.05) is 31.7 Å². The molecule has 2 saturated heterocycles. The third-order valence-electron chi connectivity index (χ3n) is 5.80. The monoisotopic (exact) mass is 365 g/mol. The molecule has 0 amide bonds. The third-order valence-corrected chi connectivity index (χ3v) is 5.80. The van der Waals surface area contributed by atoms with E-state index in [4.69, 9.17) is 5.26 Å². The number of likely N-dealkylation sites (tertiary alicyclic amines) is 1. The van der Waals surface area contributed by atoms with E-state index < -0.39 is 0 Å². The summed E-state index contributed by atoms with van der Waals surface area (Å²) in [6.07, 6.45) is 6.37. The molecule has 2 aromatic heterocycles. The number of anilines is 1. The molecule has 142 valence electrons. The first-order valence-electron chi connectivity index (χ1n) is 10.0. The quantitative estimate of drug-likeness (QED) is 0.811. The standard InChI is InChI=1S/C20H27N7/c1-2-27-19(15-25-9-3-4-10-25)23-24-20(27)17-7-11-26(12-8-17)18-6-5-16(13-21)14-22-18/h5-6,14,17H,2-4,7-12,15H2,1H3. The van der Waals surface area contributed by atoms with Crippen LogP contribution in [-0.2, 0) is 13.1 Å². The van der Waals surface area contributed by atoms with Gasteiger partial charge in [-0.2, -0.15) is 5.26 Å². The van der Waals surface area contributed by atoms with Gasteiger partial charge in [0.1, 0.15) is 23.5 Å². The molecule has 4 rings (SSSR count). The Morgan fingerprint density at radius 3 is 2.52 bits per heavy atom. The fraction of sp³-hybridized carbons (Fsp3) is 0.600. The molecule has 0 spiro atoms. The zero-order valence-electron chi connectivity index (χ0n) is 16.0. The first-order valence-corrected chi connectivity index (χ1v) is 10.0. The molecule has 2 fully saturated rings. The molecule has 2 aliphatic rings. The molecule has 4 heterocycles. The van der Waals surface area contributed by atoms with Crippen molar-refractivity contribution >= 4 is 5.82 Å². The molecular weight excluding hydrogens is 338 g/mol. The van der Waals surface area contributed by atoms with Crippen LogP contribution in [0.1, 0.15) is 55.7 Å². The Morgan fingerprint density at radius 1 is 1.11 bits per heavy atom. The zero-order valence-corrected chi connectivity index (χ0v) is 16.0. The summed E-state index contributed by atoms with van der Waals surface area (Å²) < 4.78 is 2.33. The molecule has 0 N–H and O–H groups in total. The lowest BCUT2D eigenvalue weighted by Gasteiger charge is -2.32. The van der Waals surface area contributed by atoms with E-state index in [2.05, 4.69) is 42.5 Å². The van der Waals surface area contributed by atoms with Crippen LogP contribution in [0.2, 0.25) is 0 Å². The van der Waals surface area contributed by atoms with Gasteiger partial charge in [-0.15, -0.1) is 10.2 Å². The van der Waals surface area contributed by atoms with Crippen molar-refractivity contribution in [3.63, 3.8) is 0 Å². The highest BCUT2D eigenvalue weighted by Crippen LogP contribution is 2.29. The summed E-state index contributed by atoms with van der Waals surface area (Å²) in [4.78, 5) is 9.22. The van der Waals surface area contributed by atoms with Crippen molar-refractivity contribution in [1.29, 1.82) is 5.26 Å². The molecule has 0 saturated carbocycles. The molecule has 7 nitrogen and oxygen atoms in total. The van der Waals surface area contributed by atoms with Crippen LogP contribution in [-0.4, -0.2) is 50.8 Å². The van der Waals surface area contributed by atoms with Crippen LogP contribution in [0.25, 0.3) is 0 Å². The van der Waals surface area contributed by atoms with Crippen molar-refractivity contribution in [3.05, 3.63) is 35.5 Å². The Hall–Kier alpha value is -2.46. The zero-order chi connectivity index (χ0) is 18.6. The second-order valence-electron chi connectivity index (χ2n) is 7.48. The van der Waals surface area contributed by atoms with E-state index in [1.165, 1.54) is 25.9 Å². The van der Waals surface area contributed by atoms with Gasteiger partial charge in [-0.1, -0.05) is 0 Å². The van der Waals surface area contributed by atoms with Gasteiger partial charge < -0.3 is 9.47 Å². The topological polar surface area (TPSA) is 73.9 Å². The van der Waals surface area contributed by atoms with E-state index in [0.29, 0.717) is 11.5 Å². The van der Waals surface area contributed by atoms with Crippen LogP contribution < -0.4 is 4.90 Å². The minimum absolute atomic E-state index is 0.458. The number of nitriles is 1. The number of hydrogen-bond acceptors (Lipinski definition) is 6. The average Bonchev–Trinajstić information content (AvgIpc) is 3.38. The van der Waals surface area contributed by atoms with Gasteiger partial charge in [-0.05, 0) is 57.8 Å². The minimum Gasteiger partial charge on any atom is -0.357 e. The number of hydrogen-bond donors (Lipinski definition) is 0. The fourth-order valence-corrected chi connectivity index (χ4v) is 4.26. The predicted molar refractivity (Wildman–Crippen MR) is 103 cm³/mol. The van der Waals surface area contributed by atoms with E-state index in [-0.39, 0.29) is 0 Å². The Kier molecular flexibility index (Phi) is 5.35. The molecule has 0 atom stereocenters. The molecular formula is C20H27N7. The van der Waals surface area contributed by atoms with E-state index in [1.807, 2.05) is 12.1 Å². The second kappa shape index (κ2) is 8.05. The van der Waals surface area contributed by atoms with Crippen molar-refractivity contribution in [2.24, 2.45) is 0 Å². The molecule has 0 aliphatic carbocycles. The lowest BCUT2D eigenvalue weighted by Crippen LogP contribution is -2.34. The number of piperidine rings is 1. The van der Waals surface area contributed by atoms with Gasteiger partial charge in [0.2, 0.25) is 0 Å². The SMILES string of the molecule is CCn1c(CN2CCCC2)nnc1C1CCN(c2ccc(C#N)cn2)CC1. The van der Waals surface area contributed by atoms with Crippen LogP contribution in [0.15, 0.2) is 18.3 Å². The van der Waals surface area contributed by atoms with Crippen molar-refractivity contribution in [1.82, 2.24) is 24.6 Å². The highest BCUT2D eigenvalue weighted by atomic mass is 15.3. The average molecular weight is 365 g/mol. The maximum absolute atomic E-state index is 8.92. The number of aromatic nitrogens is 4. The molecule has 2 aliphatic heterocycles. The summed E-state index contributed by atoms with van der Waals surface area (Å²) in [6, 6.07) is 5.91. The van der Waals surface area contributed by atoms with Crippen LogP contribution in [0, 0.1) is 11.3 Å². The molecule has 2 aromatic rings. The normalized spacial score (nSPS) is 18.7. The number of pyridine rings is 1. The molecule has 0 aromatic carbocycles. The molecule has 7 heteroatoms. The summed E-state index contributed by atoms with van der Waals surface area (Å²) in [5, 5.41) is 18.0. The van der Waals surface area contributed by atoms with Gasteiger partial charge in [0.15, 0.2) is 0 Å². The number of rotatable bonds is 5. The Balaban J connectivity index is 1.41. The van der Waals surface area contributed by atoms with Gasteiger partial charge >= 0.3 is 0 Å². The summed E-state index contributed by atoms with van der Waals surface area (Å²) in [7, 11) is 0. The van der Waals surface area contributed by atoms with Gasteiger partial charge in [-0.25, -0.2) is 4.98 Å². The lowest BCUT2D eigenvalue weighted by molar-refractivity contribution is 0.315. The fourth-order valence-electron chi connectivity index (χ4n) is 4.26. The van der Waals surface area contributed by atoms with Crippen molar-refractivity contribution in [2.45, 2.75) is 51.6 Å². The van der Waals surface area contributed by atoms with Crippen LogP contribution in [0.5, 0.6) is 0 Å². The van der Waals surface area contributed by atoms with Crippen molar-refractivity contribution < 1.29 is 0 Å². The summed E-state index contributed by atoms with van der Waals surface area (Å²) >= 11 is 0. The van der Waals surface area contributed by atoms with Crippen LogP contribution >= 0.6 is 0 Å². The van der Waals surface area contributed by atoms with Crippen molar-refractivity contribution in [3.8, 4) is 6.07 Å². The second-order valence-corrected chi connectivity index (χ2v) is 7.48. The summed E-state index contributed by atoms with van der Waals surface area (Å²) in [6.45, 7) is 8.33. The third kappa shape index (κ3) is 3.81. The van der Waals surface area contributed by atoms with E-state index in [1.54, 1.807) is 6.20 Å². The Labute approximate surface area is 160 Å². The predicted octanol–water partition coefficient (Wildman–Crippen LogP) is 2.54. The minimum atomic E-state index is 0.458. The highest BCUT2D eigenvalue weighted by molar-refractivity contribution is 5.42. The lowest BCUT2D eigenvalue weighted by atomic mass is 9.96. The molecule has 27 heavy (non-hydrogen) atoms. The summed E-state index contributed by atoms with van der Waals surface area (Å²) in [5.41, 5.74) is 0.607. The van der Waals surface area contributed by atoms with Crippen LogP contribution in [0.3, 0.4) is 0 Å². The van der Waals surface area contributed by atoms with E-state index >= 15 is 0 Å². The maximum atomic E-state index is 8.92. The van der Waals surface area contributed by atoms with Crippen molar-refractivity contribution in [2.75, 3.05) is 31.1 Å². The Bertz CT molecular complexity index is 791. The van der Waals surface area contributed by atoms with Gasteiger partial charge in [-0.3, -0.25) is 4.90 Å². The maximum Gasteiger partial charge on any atom is 0.147 e. The van der Waals surface area contributed by atoms with E-state index in [0.717, 1.165) is 56.5 Å². The molecule has 0 radical (unpaired) electrons. The first-order chi connectivity index (χ1) is 13.3. The van der Waals surface area contributed by atoms with Gasteiger partial charge in [0.25, 0.3) is 0 Å². The Morgan fingerprint density at radius 2 is 1.89 bits per heavy atom. The first kappa shape index (κ1) is 17.9. The van der Waals surface area contributed by atoms with Gasteiger partial charge in [0.05, 0.1) is 12.1 Å². The smallest absolute Gasteiger partial charge is 0.147 e. The number of nitrogens with zero attached hydrogens (tertiary/aromatic N) is 7. The highest BCUT2D eigenvalue weighted by Gasteiger charge is 2.27. The molecule has 0 unspecified atom stereocenters. The van der Waals surface area contributed by atoms with E-state index in [9.17, 15) is 0 Å².